The fourth-order valence-corrected chi connectivity index (χ4v) is 1.60. The molecule has 1 atom stereocenters. The molecule has 0 saturated carbocycles. The van der Waals surface area contributed by atoms with Gasteiger partial charge in [-0.15, -0.1) is 0 Å². The van der Waals surface area contributed by atoms with Gasteiger partial charge in [0.2, 0.25) is 0 Å². The molecule has 0 spiro atoms. The highest BCUT2D eigenvalue weighted by atomic mass is 79.9. The Morgan fingerprint density at radius 2 is 2.13 bits per heavy atom. The monoisotopic (exact) mass is 268 g/mol. The number of rotatable bonds is 2. The predicted octanol–water partition coefficient (Wildman–Crippen LogP) is 2.55. The van der Waals surface area contributed by atoms with Gasteiger partial charge >= 0.3 is 0 Å². The summed E-state index contributed by atoms with van der Waals surface area (Å²) in [6, 6.07) is 7.54. The van der Waals surface area contributed by atoms with Gasteiger partial charge < -0.3 is 9.63 Å². The van der Waals surface area contributed by atoms with E-state index in [1.807, 2.05) is 24.3 Å². The minimum atomic E-state index is -0.718. The van der Waals surface area contributed by atoms with Crippen molar-refractivity contribution in [3.8, 4) is 11.5 Å². The van der Waals surface area contributed by atoms with E-state index in [2.05, 4.69) is 26.1 Å². The Kier molecular flexibility index (Phi) is 2.83. The second kappa shape index (κ2) is 4.12. The van der Waals surface area contributed by atoms with Crippen molar-refractivity contribution in [2.24, 2.45) is 0 Å². The number of aliphatic hydroxyl groups excluding tert-OH is 1. The normalized spacial score (nSPS) is 12.7. The lowest BCUT2D eigenvalue weighted by molar-refractivity contribution is 0.184. The van der Waals surface area contributed by atoms with Gasteiger partial charge in [0.25, 0.3) is 5.89 Å². The zero-order valence-corrected chi connectivity index (χ0v) is 9.60. The molecule has 0 saturated heterocycles. The van der Waals surface area contributed by atoms with E-state index in [1.165, 1.54) is 0 Å². The molecule has 0 fully saturated rings. The summed E-state index contributed by atoms with van der Waals surface area (Å²) in [4.78, 5) is 4.08. The summed E-state index contributed by atoms with van der Waals surface area (Å²) in [6.07, 6.45) is -0.718. The molecule has 2 aromatic rings. The summed E-state index contributed by atoms with van der Waals surface area (Å²) in [5.74, 6) is 0.694. The SMILES string of the molecule is CC(O)c1noc(-c2ccccc2Br)n1. The molecular formula is C10H9BrN2O2. The van der Waals surface area contributed by atoms with Crippen LogP contribution in [0, 0.1) is 0 Å². The summed E-state index contributed by atoms with van der Waals surface area (Å²) >= 11 is 3.39. The van der Waals surface area contributed by atoms with Crippen LogP contribution in [0.25, 0.3) is 11.5 Å². The molecule has 2 rings (SSSR count). The molecule has 78 valence electrons. The van der Waals surface area contributed by atoms with E-state index < -0.39 is 6.10 Å². The Morgan fingerprint density at radius 3 is 2.73 bits per heavy atom. The van der Waals surface area contributed by atoms with Gasteiger partial charge in [-0.05, 0) is 35.0 Å². The Balaban J connectivity index is 2.42. The van der Waals surface area contributed by atoms with Crippen molar-refractivity contribution in [3.63, 3.8) is 0 Å². The molecule has 1 unspecified atom stereocenters. The minimum absolute atomic E-state index is 0.292. The van der Waals surface area contributed by atoms with Crippen LogP contribution in [0.2, 0.25) is 0 Å². The maximum atomic E-state index is 9.26. The Bertz CT molecular complexity index is 468. The average Bonchev–Trinajstić information content (AvgIpc) is 2.67. The summed E-state index contributed by atoms with van der Waals surface area (Å²) < 4.78 is 5.92. The number of hydrogen-bond donors (Lipinski definition) is 1. The van der Waals surface area contributed by atoms with Gasteiger partial charge in [0, 0.05) is 4.47 Å². The Morgan fingerprint density at radius 1 is 1.40 bits per heavy atom. The lowest BCUT2D eigenvalue weighted by Crippen LogP contribution is -1.93. The van der Waals surface area contributed by atoms with Crippen molar-refractivity contribution in [2.75, 3.05) is 0 Å². The molecule has 0 aliphatic heterocycles. The van der Waals surface area contributed by atoms with Crippen molar-refractivity contribution < 1.29 is 9.63 Å². The molecule has 1 N–H and O–H groups in total. The van der Waals surface area contributed by atoms with Crippen molar-refractivity contribution in [1.82, 2.24) is 10.1 Å². The Hall–Kier alpha value is -1.20. The summed E-state index contributed by atoms with van der Waals surface area (Å²) in [5.41, 5.74) is 0.817. The first-order valence-electron chi connectivity index (χ1n) is 4.45. The van der Waals surface area contributed by atoms with Crippen molar-refractivity contribution >= 4 is 15.9 Å². The van der Waals surface area contributed by atoms with E-state index in [0.29, 0.717) is 11.7 Å². The molecule has 0 aliphatic rings. The van der Waals surface area contributed by atoms with E-state index in [-0.39, 0.29) is 0 Å². The van der Waals surface area contributed by atoms with Gasteiger partial charge in [-0.2, -0.15) is 4.98 Å². The van der Waals surface area contributed by atoms with E-state index in [4.69, 9.17) is 4.52 Å². The highest BCUT2D eigenvalue weighted by molar-refractivity contribution is 9.10. The molecule has 1 aromatic carbocycles. The van der Waals surface area contributed by atoms with E-state index >= 15 is 0 Å². The fraction of sp³-hybridized carbons (Fsp3) is 0.200. The lowest BCUT2D eigenvalue weighted by Gasteiger charge is -1.96. The van der Waals surface area contributed by atoms with E-state index in [1.54, 1.807) is 6.92 Å². The minimum Gasteiger partial charge on any atom is -0.385 e. The van der Waals surface area contributed by atoms with Gasteiger partial charge in [0.05, 0.1) is 5.56 Å². The highest BCUT2D eigenvalue weighted by Crippen LogP contribution is 2.26. The summed E-state index contributed by atoms with van der Waals surface area (Å²) in [7, 11) is 0. The van der Waals surface area contributed by atoms with Crippen LogP contribution < -0.4 is 0 Å². The molecule has 0 aliphatic carbocycles. The average molecular weight is 269 g/mol. The molecule has 5 heteroatoms. The van der Waals surface area contributed by atoms with Crippen LogP contribution in [-0.4, -0.2) is 15.2 Å². The van der Waals surface area contributed by atoms with Crippen LogP contribution in [0.3, 0.4) is 0 Å². The predicted molar refractivity (Wildman–Crippen MR) is 58.1 cm³/mol. The Labute approximate surface area is 95.1 Å². The molecule has 15 heavy (non-hydrogen) atoms. The van der Waals surface area contributed by atoms with Crippen LogP contribution in [0.4, 0.5) is 0 Å². The van der Waals surface area contributed by atoms with Crippen molar-refractivity contribution in [3.05, 3.63) is 34.6 Å². The van der Waals surface area contributed by atoms with E-state index in [9.17, 15) is 5.11 Å². The second-order valence-corrected chi connectivity index (χ2v) is 3.97. The molecule has 0 radical (unpaired) electrons. The summed E-state index contributed by atoms with van der Waals surface area (Å²) in [5, 5.41) is 12.9. The van der Waals surface area contributed by atoms with Crippen molar-refractivity contribution in [2.45, 2.75) is 13.0 Å². The lowest BCUT2D eigenvalue weighted by atomic mass is 10.2. The standard InChI is InChI=1S/C10H9BrN2O2/c1-6(14)9-12-10(15-13-9)7-4-2-3-5-8(7)11/h2-6,14H,1H3. The van der Waals surface area contributed by atoms with E-state index in [0.717, 1.165) is 10.0 Å². The first-order chi connectivity index (χ1) is 7.18. The molecule has 1 aromatic heterocycles. The fourth-order valence-electron chi connectivity index (χ4n) is 1.15. The third-order valence-corrected chi connectivity index (χ3v) is 2.61. The van der Waals surface area contributed by atoms with Gasteiger partial charge in [-0.3, -0.25) is 0 Å². The molecule has 1 heterocycles. The number of aromatic nitrogens is 2. The number of halogens is 1. The number of aliphatic hydroxyl groups is 1. The van der Waals surface area contributed by atoms with Crippen LogP contribution in [0.15, 0.2) is 33.3 Å². The molecule has 0 amide bonds. The summed E-state index contributed by atoms with van der Waals surface area (Å²) in [6.45, 7) is 1.59. The zero-order valence-electron chi connectivity index (χ0n) is 8.01. The topological polar surface area (TPSA) is 59.2 Å². The smallest absolute Gasteiger partial charge is 0.259 e. The van der Waals surface area contributed by atoms with Crippen LogP contribution in [0.1, 0.15) is 18.9 Å². The molecule has 4 nitrogen and oxygen atoms in total. The number of hydrogen-bond acceptors (Lipinski definition) is 4. The van der Waals surface area contributed by atoms with Crippen LogP contribution >= 0.6 is 15.9 Å². The van der Waals surface area contributed by atoms with Crippen molar-refractivity contribution in [1.29, 1.82) is 0 Å². The van der Waals surface area contributed by atoms with Gasteiger partial charge in [0.15, 0.2) is 5.82 Å². The third-order valence-electron chi connectivity index (χ3n) is 1.92. The van der Waals surface area contributed by atoms with Crippen LogP contribution in [0.5, 0.6) is 0 Å². The van der Waals surface area contributed by atoms with Gasteiger partial charge in [0.1, 0.15) is 6.10 Å². The first-order valence-corrected chi connectivity index (χ1v) is 5.24. The maximum absolute atomic E-state index is 9.26. The highest BCUT2D eigenvalue weighted by Gasteiger charge is 2.13. The maximum Gasteiger partial charge on any atom is 0.259 e. The van der Waals surface area contributed by atoms with Gasteiger partial charge in [-0.25, -0.2) is 0 Å². The second-order valence-electron chi connectivity index (χ2n) is 3.11. The first kappa shape index (κ1) is 10.3. The van der Waals surface area contributed by atoms with Gasteiger partial charge in [-0.1, -0.05) is 17.3 Å². The van der Waals surface area contributed by atoms with Crippen LogP contribution in [-0.2, 0) is 0 Å². The molecule has 0 bridgehead atoms. The number of nitrogens with zero attached hydrogens (tertiary/aromatic N) is 2. The number of benzene rings is 1. The molecular weight excluding hydrogens is 260 g/mol. The quantitative estimate of drug-likeness (QED) is 0.910. The largest absolute Gasteiger partial charge is 0.385 e. The third kappa shape index (κ3) is 2.08. The zero-order chi connectivity index (χ0) is 10.8.